The number of hydrogen-bond acceptors (Lipinski definition) is 4. The lowest BCUT2D eigenvalue weighted by Crippen LogP contribution is -2.19. The summed E-state index contributed by atoms with van der Waals surface area (Å²) in [5.74, 6) is -0.787. The lowest BCUT2D eigenvalue weighted by atomic mass is 10.2. The summed E-state index contributed by atoms with van der Waals surface area (Å²) in [4.78, 5) is 3.81. The van der Waals surface area contributed by atoms with E-state index in [1.165, 1.54) is 13.2 Å². The van der Waals surface area contributed by atoms with Crippen molar-refractivity contribution in [3.05, 3.63) is 17.5 Å². The number of hydrogen-bond donors (Lipinski definition) is 0. The molecule has 0 spiro atoms. The molecule has 1 aromatic heterocycles. The van der Waals surface area contributed by atoms with Gasteiger partial charge >= 0.3 is 6.36 Å². The van der Waals surface area contributed by atoms with Crippen LogP contribution in [0.15, 0.2) is 6.07 Å². The van der Waals surface area contributed by atoms with E-state index in [4.69, 9.17) is 21.6 Å². The molecular formula is C10H8ClF3N2O2. The summed E-state index contributed by atoms with van der Waals surface area (Å²) in [6.45, 7) is 0. The Kier molecular flexibility index (Phi) is 4.62. The van der Waals surface area contributed by atoms with Gasteiger partial charge in [-0.3, -0.25) is 4.98 Å². The second-order valence-electron chi connectivity index (χ2n) is 3.11. The van der Waals surface area contributed by atoms with E-state index in [1.807, 2.05) is 0 Å². The molecule has 0 N–H and O–H groups in total. The van der Waals surface area contributed by atoms with Gasteiger partial charge in [0.05, 0.1) is 31.2 Å². The summed E-state index contributed by atoms with van der Waals surface area (Å²) in [5.41, 5.74) is 0.137. The number of ether oxygens (including phenoxy) is 2. The third kappa shape index (κ3) is 3.67. The molecule has 1 rings (SSSR count). The van der Waals surface area contributed by atoms with Crippen LogP contribution in [0, 0.1) is 11.3 Å². The van der Waals surface area contributed by atoms with Gasteiger partial charge in [-0.15, -0.1) is 24.8 Å². The Morgan fingerprint density at radius 3 is 2.61 bits per heavy atom. The van der Waals surface area contributed by atoms with Crippen molar-refractivity contribution in [2.45, 2.75) is 18.7 Å². The van der Waals surface area contributed by atoms with E-state index >= 15 is 0 Å². The zero-order valence-corrected chi connectivity index (χ0v) is 9.97. The average molecular weight is 281 g/mol. The molecule has 0 saturated heterocycles. The fourth-order valence-electron chi connectivity index (χ4n) is 1.26. The van der Waals surface area contributed by atoms with E-state index in [0.717, 1.165) is 0 Å². The third-order valence-corrected chi connectivity index (χ3v) is 2.16. The quantitative estimate of drug-likeness (QED) is 0.796. The molecular weight excluding hydrogens is 273 g/mol. The molecule has 0 atom stereocenters. The zero-order valence-electron chi connectivity index (χ0n) is 9.21. The van der Waals surface area contributed by atoms with Gasteiger partial charge in [0.25, 0.3) is 0 Å². The van der Waals surface area contributed by atoms with Crippen molar-refractivity contribution in [1.82, 2.24) is 4.98 Å². The van der Waals surface area contributed by atoms with Gasteiger partial charge in [0.15, 0.2) is 11.5 Å². The first-order valence-electron chi connectivity index (χ1n) is 4.66. The van der Waals surface area contributed by atoms with Crippen molar-refractivity contribution < 1.29 is 22.6 Å². The van der Waals surface area contributed by atoms with E-state index in [1.54, 1.807) is 6.07 Å². The Morgan fingerprint density at radius 2 is 2.17 bits per heavy atom. The number of pyridine rings is 1. The number of rotatable bonds is 4. The molecule has 18 heavy (non-hydrogen) atoms. The maximum atomic E-state index is 12.2. The SMILES string of the molecule is COc1cc(CCl)nc(CC#N)c1OC(F)(F)F. The van der Waals surface area contributed by atoms with Crippen molar-refractivity contribution in [3.63, 3.8) is 0 Å². The highest BCUT2D eigenvalue weighted by Crippen LogP contribution is 2.35. The smallest absolute Gasteiger partial charge is 0.493 e. The van der Waals surface area contributed by atoms with Crippen LogP contribution in [0.25, 0.3) is 0 Å². The highest BCUT2D eigenvalue weighted by molar-refractivity contribution is 6.16. The van der Waals surface area contributed by atoms with Crippen LogP contribution in [0.4, 0.5) is 13.2 Å². The van der Waals surface area contributed by atoms with Crippen LogP contribution in [0.2, 0.25) is 0 Å². The van der Waals surface area contributed by atoms with Crippen LogP contribution >= 0.6 is 11.6 Å². The second kappa shape index (κ2) is 5.78. The summed E-state index contributed by atoms with van der Waals surface area (Å²) < 4.78 is 45.4. The predicted molar refractivity (Wildman–Crippen MR) is 56.3 cm³/mol. The maximum Gasteiger partial charge on any atom is 0.573 e. The van der Waals surface area contributed by atoms with Gasteiger partial charge < -0.3 is 9.47 Å². The standard InChI is InChI=1S/C10H8ClF3N2O2/c1-17-8-4-6(5-11)16-7(2-3-15)9(8)18-10(12,13)14/h4H,2,5H2,1H3. The van der Waals surface area contributed by atoms with Crippen LogP contribution in [-0.2, 0) is 12.3 Å². The lowest BCUT2D eigenvalue weighted by Gasteiger charge is -2.15. The molecule has 0 unspecified atom stereocenters. The van der Waals surface area contributed by atoms with E-state index < -0.39 is 12.1 Å². The summed E-state index contributed by atoms with van der Waals surface area (Å²) in [7, 11) is 1.19. The Morgan fingerprint density at radius 1 is 1.50 bits per heavy atom. The molecule has 0 aliphatic heterocycles. The molecule has 0 bridgehead atoms. The van der Waals surface area contributed by atoms with Gasteiger partial charge in [-0.1, -0.05) is 0 Å². The van der Waals surface area contributed by atoms with Crippen LogP contribution in [0.1, 0.15) is 11.4 Å². The molecule has 1 aromatic rings. The van der Waals surface area contributed by atoms with Crippen LogP contribution in [0.3, 0.4) is 0 Å². The van der Waals surface area contributed by atoms with Gasteiger partial charge in [0.2, 0.25) is 0 Å². The average Bonchev–Trinajstić information content (AvgIpc) is 2.29. The summed E-state index contributed by atoms with van der Waals surface area (Å²) in [6.07, 6.45) is -5.23. The number of nitriles is 1. The molecule has 4 nitrogen and oxygen atoms in total. The van der Waals surface area contributed by atoms with E-state index in [0.29, 0.717) is 5.69 Å². The van der Waals surface area contributed by atoms with Gasteiger partial charge in [0, 0.05) is 6.07 Å². The lowest BCUT2D eigenvalue weighted by molar-refractivity contribution is -0.275. The maximum absolute atomic E-state index is 12.2. The number of halogens is 4. The van der Waals surface area contributed by atoms with Crippen LogP contribution < -0.4 is 9.47 Å². The second-order valence-corrected chi connectivity index (χ2v) is 3.38. The largest absolute Gasteiger partial charge is 0.573 e. The highest BCUT2D eigenvalue weighted by atomic mass is 35.5. The molecule has 0 aliphatic rings. The highest BCUT2D eigenvalue weighted by Gasteiger charge is 2.34. The molecule has 8 heteroatoms. The molecule has 0 amide bonds. The van der Waals surface area contributed by atoms with Crippen molar-refractivity contribution in [2.75, 3.05) is 7.11 Å². The molecule has 0 saturated carbocycles. The minimum absolute atomic E-state index is 0.0128. The Balaban J connectivity index is 3.30. The van der Waals surface area contributed by atoms with E-state index in [-0.39, 0.29) is 23.7 Å². The van der Waals surface area contributed by atoms with Crippen molar-refractivity contribution >= 4 is 11.6 Å². The topological polar surface area (TPSA) is 55.1 Å². The van der Waals surface area contributed by atoms with Gasteiger partial charge in [-0.05, 0) is 0 Å². The molecule has 0 aromatic carbocycles. The molecule has 0 radical (unpaired) electrons. The van der Waals surface area contributed by atoms with Crippen molar-refractivity contribution in [2.24, 2.45) is 0 Å². The molecule has 0 aliphatic carbocycles. The van der Waals surface area contributed by atoms with Gasteiger partial charge in [-0.25, -0.2) is 0 Å². The molecule has 1 heterocycles. The Bertz CT molecular complexity index is 471. The Hall–Kier alpha value is -1.68. The van der Waals surface area contributed by atoms with E-state index in [2.05, 4.69) is 9.72 Å². The number of nitrogens with zero attached hydrogens (tertiary/aromatic N) is 2. The van der Waals surface area contributed by atoms with Crippen LogP contribution in [-0.4, -0.2) is 18.5 Å². The first kappa shape index (κ1) is 14.4. The fraction of sp³-hybridized carbons (Fsp3) is 0.400. The first-order valence-corrected chi connectivity index (χ1v) is 5.20. The minimum Gasteiger partial charge on any atom is -0.493 e. The molecule has 0 fully saturated rings. The number of aromatic nitrogens is 1. The van der Waals surface area contributed by atoms with E-state index in [9.17, 15) is 13.2 Å². The summed E-state index contributed by atoms with van der Waals surface area (Å²) in [5, 5.41) is 8.57. The summed E-state index contributed by atoms with van der Waals surface area (Å²) in [6, 6.07) is 2.94. The molecule has 98 valence electrons. The first-order chi connectivity index (χ1) is 8.41. The Labute approximate surface area is 106 Å². The van der Waals surface area contributed by atoms with Gasteiger partial charge in [-0.2, -0.15) is 5.26 Å². The monoisotopic (exact) mass is 280 g/mol. The third-order valence-electron chi connectivity index (χ3n) is 1.88. The zero-order chi connectivity index (χ0) is 13.8. The van der Waals surface area contributed by atoms with Crippen molar-refractivity contribution in [1.29, 1.82) is 5.26 Å². The van der Waals surface area contributed by atoms with Crippen LogP contribution in [0.5, 0.6) is 11.5 Å². The van der Waals surface area contributed by atoms with Crippen molar-refractivity contribution in [3.8, 4) is 17.6 Å². The fourth-order valence-corrected chi connectivity index (χ4v) is 1.39. The minimum atomic E-state index is -4.89. The predicted octanol–water partition coefficient (Wildman–Crippen LogP) is 2.79. The summed E-state index contributed by atoms with van der Waals surface area (Å²) >= 11 is 5.55. The number of methoxy groups -OCH3 is 1. The normalized spacial score (nSPS) is 10.9. The van der Waals surface area contributed by atoms with Gasteiger partial charge in [0.1, 0.15) is 5.69 Å². The number of alkyl halides is 4.